The van der Waals surface area contributed by atoms with E-state index in [1.165, 1.54) is 0 Å². The van der Waals surface area contributed by atoms with Gasteiger partial charge in [0.25, 0.3) is 0 Å². The molecule has 18 heavy (non-hydrogen) atoms. The lowest BCUT2D eigenvalue weighted by Gasteiger charge is -2.07. The maximum atomic E-state index is 11.4. The molecule has 0 radical (unpaired) electrons. The zero-order valence-corrected chi connectivity index (χ0v) is 10.4. The van der Waals surface area contributed by atoms with Crippen LogP contribution in [0.3, 0.4) is 0 Å². The third kappa shape index (κ3) is 4.29. The SMILES string of the molecule is C=C(C)NC(=O)Nc1ccc(C(=O)OCC)cc1. The molecule has 1 aromatic rings. The van der Waals surface area contributed by atoms with Gasteiger partial charge in [0.05, 0.1) is 12.2 Å². The summed E-state index contributed by atoms with van der Waals surface area (Å²) in [5.74, 6) is -0.379. The second kappa shape index (κ2) is 6.44. The summed E-state index contributed by atoms with van der Waals surface area (Å²) in [4.78, 5) is 22.8. The zero-order chi connectivity index (χ0) is 13.5. The Morgan fingerprint density at radius 2 is 1.89 bits per heavy atom. The first-order chi connectivity index (χ1) is 8.52. The molecule has 0 fully saturated rings. The van der Waals surface area contributed by atoms with Crippen LogP contribution >= 0.6 is 0 Å². The molecule has 0 aliphatic heterocycles. The minimum absolute atomic E-state index is 0.333. The monoisotopic (exact) mass is 248 g/mol. The summed E-state index contributed by atoms with van der Waals surface area (Å²) in [6, 6.07) is 6.07. The van der Waals surface area contributed by atoms with Gasteiger partial charge in [-0.3, -0.25) is 0 Å². The predicted octanol–water partition coefficient (Wildman–Crippen LogP) is 2.52. The molecule has 0 spiro atoms. The minimum Gasteiger partial charge on any atom is -0.462 e. The number of esters is 1. The summed E-state index contributed by atoms with van der Waals surface area (Å²) in [7, 11) is 0. The van der Waals surface area contributed by atoms with Gasteiger partial charge < -0.3 is 15.4 Å². The van der Waals surface area contributed by atoms with E-state index < -0.39 is 0 Å². The smallest absolute Gasteiger partial charge is 0.338 e. The van der Waals surface area contributed by atoms with E-state index in [0.29, 0.717) is 23.6 Å². The van der Waals surface area contributed by atoms with E-state index >= 15 is 0 Å². The molecule has 0 atom stereocenters. The third-order valence-corrected chi connectivity index (χ3v) is 1.98. The Morgan fingerprint density at radius 1 is 1.28 bits per heavy atom. The number of amides is 2. The lowest BCUT2D eigenvalue weighted by Crippen LogP contribution is -2.26. The van der Waals surface area contributed by atoms with Gasteiger partial charge in [0, 0.05) is 11.4 Å². The number of hydrogen-bond acceptors (Lipinski definition) is 3. The number of rotatable bonds is 4. The van der Waals surface area contributed by atoms with Crippen molar-refractivity contribution >= 4 is 17.7 Å². The summed E-state index contributed by atoms with van der Waals surface area (Å²) in [6.07, 6.45) is 0. The average molecular weight is 248 g/mol. The minimum atomic E-state index is -0.379. The van der Waals surface area contributed by atoms with Gasteiger partial charge in [-0.05, 0) is 38.1 Å². The van der Waals surface area contributed by atoms with Gasteiger partial charge in [-0.15, -0.1) is 0 Å². The molecule has 0 bridgehead atoms. The van der Waals surface area contributed by atoms with Crippen molar-refractivity contribution in [3.05, 3.63) is 42.1 Å². The van der Waals surface area contributed by atoms with Gasteiger partial charge in [0.1, 0.15) is 0 Å². The van der Waals surface area contributed by atoms with Crippen molar-refractivity contribution in [2.75, 3.05) is 11.9 Å². The van der Waals surface area contributed by atoms with Crippen LogP contribution in [0.4, 0.5) is 10.5 Å². The maximum absolute atomic E-state index is 11.4. The molecular formula is C13H16N2O3. The highest BCUT2D eigenvalue weighted by atomic mass is 16.5. The molecule has 2 amide bonds. The fourth-order valence-electron chi connectivity index (χ4n) is 1.26. The van der Waals surface area contributed by atoms with Gasteiger partial charge in [-0.1, -0.05) is 6.58 Å². The number of carbonyl (C=O) groups is 2. The number of ether oxygens (including phenoxy) is 1. The number of hydrogen-bond donors (Lipinski definition) is 2. The maximum Gasteiger partial charge on any atom is 0.338 e. The highest BCUT2D eigenvalue weighted by Crippen LogP contribution is 2.10. The number of urea groups is 1. The van der Waals surface area contributed by atoms with Crippen molar-refractivity contribution in [1.82, 2.24) is 5.32 Å². The molecule has 5 nitrogen and oxygen atoms in total. The molecule has 96 valence electrons. The molecule has 5 heteroatoms. The van der Waals surface area contributed by atoms with E-state index in [-0.39, 0.29) is 12.0 Å². The molecule has 0 saturated heterocycles. The van der Waals surface area contributed by atoms with E-state index in [4.69, 9.17) is 4.74 Å². The molecule has 0 unspecified atom stereocenters. The topological polar surface area (TPSA) is 67.4 Å². The molecule has 0 heterocycles. The van der Waals surface area contributed by atoms with Crippen molar-refractivity contribution in [2.24, 2.45) is 0 Å². The highest BCUT2D eigenvalue weighted by Gasteiger charge is 2.06. The Balaban J connectivity index is 2.63. The number of nitrogens with one attached hydrogen (secondary N) is 2. The van der Waals surface area contributed by atoms with E-state index in [1.54, 1.807) is 38.1 Å². The van der Waals surface area contributed by atoms with Gasteiger partial charge in [-0.25, -0.2) is 9.59 Å². The molecular weight excluding hydrogens is 232 g/mol. The lowest BCUT2D eigenvalue weighted by atomic mass is 10.2. The van der Waals surface area contributed by atoms with E-state index in [1.807, 2.05) is 0 Å². The highest BCUT2D eigenvalue weighted by molar-refractivity contribution is 5.92. The fourth-order valence-corrected chi connectivity index (χ4v) is 1.26. The zero-order valence-electron chi connectivity index (χ0n) is 10.4. The van der Waals surface area contributed by atoms with Crippen LogP contribution < -0.4 is 10.6 Å². The largest absolute Gasteiger partial charge is 0.462 e. The predicted molar refractivity (Wildman–Crippen MR) is 69.4 cm³/mol. The number of anilines is 1. The third-order valence-electron chi connectivity index (χ3n) is 1.98. The second-order valence-electron chi connectivity index (χ2n) is 3.66. The second-order valence-corrected chi connectivity index (χ2v) is 3.66. The summed E-state index contributed by atoms with van der Waals surface area (Å²) >= 11 is 0. The van der Waals surface area contributed by atoms with Crippen molar-refractivity contribution in [3.63, 3.8) is 0 Å². The molecule has 1 rings (SSSR count). The van der Waals surface area contributed by atoms with Crippen molar-refractivity contribution in [3.8, 4) is 0 Å². The van der Waals surface area contributed by atoms with Crippen molar-refractivity contribution in [2.45, 2.75) is 13.8 Å². The Kier molecular flexibility index (Phi) is 4.92. The first-order valence-corrected chi connectivity index (χ1v) is 5.53. The molecule has 2 N–H and O–H groups in total. The molecule has 0 aromatic heterocycles. The van der Waals surface area contributed by atoms with Crippen LogP contribution in [0.2, 0.25) is 0 Å². The van der Waals surface area contributed by atoms with Crippen LogP contribution in [-0.2, 0) is 4.74 Å². The lowest BCUT2D eigenvalue weighted by molar-refractivity contribution is 0.0526. The van der Waals surface area contributed by atoms with Crippen molar-refractivity contribution in [1.29, 1.82) is 0 Å². The first-order valence-electron chi connectivity index (χ1n) is 5.53. The standard InChI is InChI=1S/C13H16N2O3/c1-4-18-12(16)10-5-7-11(8-6-10)15-13(17)14-9(2)3/h5-8H,2,4H2,1,3H3,(H2,14,15,17). The quantitative estimate of drug-likeness (QED) is 0.804. The summed E-state index contributed by atoms with van der Waals surface area (Å²) in [5.41, 5.74) is 1.58. The Labute approximate surface area is 106 Å². The first kappa shape index (κ1) is 13.8. The summed E-state index contributed by atoms with van der Waals surface area (Å²) in [6.45, 7) is 7.32. The Hall–Kier alpha value is -2.30. The van der Waals surface area contributed by atoms with Crippen LogP contribution in [0.25, 0.3) is 0 Å². The summed E-state index contributed by atoms with van der Waals surface area (Å²) < 4.78 is 4.85. The van der Waals surface area contributed by atoms with Gasteiger partial charge in [0.15, 0.2) is 0 Å². The van der Waals surface area contributed by atoms with Gasteiger partial charge in [-0.2, -0.15) is 0 Å². The Bertz CT molecular complexity index is 452. The van der Waals surface area contributed by atoms with Crippen LogP contribution in [0.1, 0.15) is 24.2 Å². The van der Waals surface area contributed by atoms with Gasteiger partial charge in [0.2, 0.25) is 0 Å². The van der Waals surface area contributed by atoms with E-state index in [2.05, 4.69) is 17.2 Å². The fraction of sp³-hybridized carbons (Fsp3) is 0.231. The normalized spacial score (nSPS) is 9.44. The molecule has 0 aliphatic carbocycles. The molecule has 0 saturated carbocycles. The van der Waals surface area contributed by atoms with E-state index in [9.17, 15) is 9.59 Å². The van der Waals surface area contributed by atoms with Crippen LogP contribution in [0.5, 0.6) is 0 Å². The van der Waals surface area contributed by atoms with Crippen LogP contribution in [0.15, 0.2) is 36.5 Å². The Morgan fingerprint density at radius 3 is 2.39 bits per heavy atom. The number of carbonyl (C=O) groups excluding carboxylic acids is 2. The molecule has 1 aromatic carbocycles. The molecule has 0 aliphatic rings. The van der Waals surface area contributed by atoms with Crippen LogP contribution in [-0.4, -0.2) is 18.6 Å². The summed E-state index contributed by atoms with van der Waals surface area (Å²) in [5, 5.41) is 5.12. The number of allylic oxidation sites excluding steroid dienone is 1. The van der Waals surface area contributed by atoms with Crippen LogP contribution in [0, 0.1) is 0 Å². The average Bonchev–Trinajstić information content (AvgIpc) is 2.29. The van der Waals surface area contributed by atoms with Crippen molar-refractivity contribution < 1.29 is 14.3 Å². The number of benzene rings is 1. The van der Waals surface area contributed by atoms with Gasteiger partial charge >= 0.3 is 12.0 Å². The van der Waals surface area contributed by atoms with E-state index in [0.717, 1.165) is 0 Å².